The van der Waals surface area contributed by atoms with Crippen LogP contribution in [0.5, 0.6) is 0 Å². The van der Waals surface area contributed by atoms with Crippen molar-refractivity contribution in [1.29, 1.82) is 0 Å². The molecule has 1 unspecified atom stereocenters. The number of piperidine rings is 1. The van der Waals surface area contributed by atoms with E-state index in [1.54, 1.807) is 18.3 Å². The van der Waals surface area contributed by atoms with E-state index in [2.05, 4.69) is 28.9 Å². The Morgan fingerprint density at radius 2 is 1.83 bits per heavy atom. The molecule has 2 heterocycles. The van der Waals surface area contributed by atoms with E-state index < -0.39 is 5.91 Å². The Balaban J connectivity index is 1.83. The molecule has 1 amide bonds. The molecule has 3 rings (SSSR count). The van der Waals surface area contributed by atoms with E-state index >= 15 is 0 Å². The molecule has 120 valence electrons. The van der Waals surface area contributed by atoms with Gasteiger partial charge in [-0.3, -0.25) is 14.7 Å². The SMILES string of the molecule is CC(c1ccc(-c2ncccc2C(N)=O)cc1)N1CCCCC1. The van der Waals surface area contributed by atoms with Crippen LogP contribution in [-0.2, 0) is 0 Å². The highest BCUT2D eigenvalue weighted by molar-refractivity contribution is 5.98. The largest absolute Gasteiger partial charge is 0.366 e. The maximum absolute atomic E-state index is 11.6. The average Bonchev–Trinajstić information content (AvgIpc) is 2.62. The zero-order valence-electron chi connectivity index (χ0n) is 13.5. The van der Waals surface area contributed by atoms with Gasteiger partial charge in [0.15, 0.2) is 0 Å². The number of carbonyl (C=O) groups is 1. The first-order valence-electron chi connectivity index (χ1n) is 8.26. The molecule has 1 aliphatic rings. The third-order valence-corrected chi connectivity index (χ3v) is 4.68. The van der Waals surface area contributed by atoms with Gasteiger partial charge < -0.3 is 5.73 Å². The summed E-state index contributed by atoms with van der Waals surface area (Å²) < 4.78 is 0. The Morgan fingerprint density at radius 3 is 2.48 bits per heavy atom. The molecule has 1 aromatic heterocycles. The van der Waals surface area contributed by atoms with Gasteiger partial charge in [-0.1, -0.05) is 30.7 Å². The van der Waals surface area contributed by atoms with Gasteiger partial charge in [-0.25, -0.2) is 0 Å². The predicted molar refractivity (Wildman–Crippen MR) is 92.0 cm³/mol. The maximum atomic E-state index is 11.6. The number of nitrogens with zero attached hydrogens (tertiary/aromatic N) is 2. The van der Waals surface area contributed by atoms with Crippen molar-refractivity contribution in [3.05, 3.63) is 53.7 Å². The van der Waals surface area contributed by atoms with Gasteiger partial charge in [-0.05, 0) is 50.6 Å². The number of rotatable bonds is 4. The minimum Gasteiger partial charge on any atom is -0.366 e. The summed E-state index contributed by atoms with van der Waals surface area (Å²) in [5.74, 6) is -0.445. The van der Waals surface area contributed by atoms with Crippen molar-refractivity contribution < 1.29 is 4.79 Å². The van der Waals surface area contributed by atoms with E-state index in [1.807, 2.05) is 12.1 Å². The van der Waals surface area contributed by atoms with Crippen LogP contribution in [0.2, 0.25) is 0 Å². The van der Waals surface area contributed by atoms with E-state index in [0.717, 1.165) is 5.56 Å². The molecule has 23 heavy (non-hydrogen) atoms. The van der Waals surface area contributed by atoms with Gasteiger partial charge in [0.1, 0.15) is 0 Å². The summed E-state index contributed by atoms with van der Waals surface area (Å²) >= 11 is 0. The highest BCUT2D eigenvalue weighted by Gasteiger charge is 2.18. The Bertz CT molecular complexity index is 675. The molecular weight excluding hydrogens is 286 g/mol. The highest BCUT2D eigenvalue weighted by Crippen LogP contribution is 2.27. The van der Waals surface area contributed by atoms with Crippen LogP contribution in [0.3, 0.4) is 0 Å². The molecular formula is C19H23N3O. The summed E-state index contributed by atoms with van der Waals surface area (Å²) in [6, 6.07) is 12.2. The first-order valence-corrected chi connectivity index (χ1v) is 8.26. The van der Waals surface area contributed by atoms with Crippen molar-refractivity contribution in [3.63, 3.8) is 0 Å². The molecule has 0 saturated carbocycles. The number of pyridine rings is 1. The van der Waals surface area contributed by atoms with Crippen LogP contribution in [0.4, 0.5) is 0 Å². The van der Waals surface area contributed by atoms with Crippen molar-refractivity contribution in [1.82, 2.24) is 9.88 Å². The first-order chi connectivity index (χ1) is 11.2. The van der Waals surface area contributed by atoms with Gasteiger partial charge in [0.25, 0.3) is 5.91 Å². The number of benzene rings is 1. The number of aromatic nitrogens is 1. The van der Waals surface area contributed by atoms with Crippen molar-refractivity contribution in [2.24, 2.45) is 5.73 Å². The van der Waals surface area contributed by atoms with E-state index in [4.69, 9.17) is 5.73 Å². The Labute approximate surface area is 137 Å². The summed E-state index contributed by atoms with van der Waals surface area (Å²) in [6.45, 7) is 4.61. The predicted octanol–water partition coefficient (Wildman–Crippen LogP) is 3.39. The summed E-state index contributed by atoms with van der Waals surface area (Å²) in [4.78, 5) is 18.4. The molecule has 4 heteroatoms. The van der Waals surface area contributed by atoms with Crippen molar-refractivity contribution in [2.45, 2.75) is 32.2 Å². The molecule has 2 N–H and O–H groups in total. The Kier molecular flexibility index (Phi) is 4.72. The lowest BCUT2D eigenvalue weighted by Crippen LogP contribution is -2.32. The first kappa shape index (κ1) is 15.7. The van der Waals surface area contributed by atoms with E-state index in [0.29, 0.717) is 17.3 Å². The number of carbonyl (C=O) groups excluding carboxylic acids is 1. The number of nitrogens with two attached hydrogens (primary N) is 1. The van der Waals surface area contributed by atoms with Crippen LogP contribution >= 0.6 is 0 Å². The van der Waals surface area contributed by atoms with Gasteiger partial charge >= 0.3 is 0 Å². The van der Waals surface area contributed by atoms with Crippen LogP contribution in [0.25, 0.3) is 11.3 Å². The molecule has 0 bridgehead atoms. The molecule has 1 aromatic carbocycles. The van der Waals surface area contributed by atoms with Crippen LogP contribution < -0.4 is 5.73 Å². The van der Waals surface area contributed by atoms with Gasteiger partial charge in [0, 0.05) is 17.8 Å². The minimum absolute atomic E-state index is 0.420. The second-order valence-corrected chi connectivity index (χ2v) is 6.16. The Hall–Kier alpha value is -2.20. The van der Waals surface area contributed by atoms with Crippen LogP contribution in [0.15, 0.2) is 42.6 Å². The zero-order chi connectivity index (χ0) is 16.2. The molecule has 1 aliphatic heterocycles. The minimum atomic E-state index is -0.445. The molecule has 0 aliphatic carbocycles. The quantitative estimate of drug-likeness (QED) is 0.941. The van der Waals surface area contributed by atoms with E-state index in [-0.39, 0.29) is 0 Å². The number of likely N-dealkylation sites (tertiary alicyclic amines) is 1. The summed E-state index contributed by atoms with van der Waals surface area (Å²) in [7, 11) is 0. The lowest BCUT2D eigenvalue weighted by Gasteiger charge is -2.32. The molecule has 4 nitrogen and oxygen atoms in total. The molecule has 2 aromatic rings. The number of hydrogen-bond acceptors (Lipinski definition) is 3. The standard InChI is InChI=1S/C19H23N3O/c1-14(22-12-3-2-4-13-22)15-7-9-16(10-8-15)18-17(19(20)23)6-5-11-21-18/h5-11,14H,2-4,12-13H2,1H3,(H2,20,23). The van der Waals surface area contributed by atoms with E-state index in [1.165, 1.54) is 37.9 Å². The van der Waals surface area contributed by atoms with Crippen molar-refractivity contribution in [2.75, 3.05) is 13.1 Å². The molecule has 1 saturated heterocycles. The summed E-state index contributed by atoms with van der Waals surface area (Å²) in [5, 5.41) is 0. The normalized spacial score (nSPS) is 16.9. The Morgan fingerprint density at radius 1 is 1.13 bits per heavy atom. The molecule has 1 atom stereocenters. The smallest absolute Gasteiger partial charge is 0.250 e. The van der Waals surface area contributed by atoms with Crippen molar-refractivity contribution >= 4 is 5.91 Å². The lowest BCUT2D eigenvalue weighted by atomic mass is 9.99. The fourth-order valence-corrected chi connectivity index (χ4v) is 3.27. The number of amides is 1. The maximum Gasteiger partial charge on any atom is 0.250 e. The number of primary amides is 1. The lowest BCUT2D eigenvalue weighted by molar-refractivity contribution is 0.100. The fraction of sp³-hybridized carbons (Fsp3) is 0.368. The molecule has 1 fully saturated rings. The van der Waals surface area contributed by atoms with Crippen molar-refractivity contribution in [3.8, 4) is 11.3 Å². The van der Waals surface area contributed by atoms with Gasteiger partial charge in [-0.15, -0.1) is 0 Å². The summed E-state index contributed by atoms with van der Waals surface area (Å²) in [5.41, 5.74) is 8.78. The molecule has 0 spiro atoms. The second-order valence-electron chi connectivity index (χ2n) is 6.16. The van der Waals surface area contributed by atoms with Crippen LogP contribution in [-0.4, -0.2) is 28.9 Å². The van der Waals surface area contributed by atoms with E-state index in [9.17, 15) is 4.79 Å². The highest BCUT2D eigenvalue weighted by atomic mass is 16.1. The number of hydrogen-bond donors (Lipinski definition) is 1. The van der Waals surface area contributed by atoms with Gasteiger partial charge in [-0.2, -0.15) is 0 Å². The zero-order valence-corrected chi connectivity index (χ0v) is 13.5. The summed E-state index contributed by atoms with van der Waals surface area (Å²) in [6.07, 6.45) is 5.61. The van der Waals surface area contributed by atoms with Crippen LogP contribution in [0, 0.1) is 0 Å². The second kappa shape index (κ2) is 6.92. The van der Waals surface area contributed by atoms with Crippen LogP contribution in [0.1, 0.15) is 48.1 Å². The van der Waals surface area contributed by atoms with Gasteiger partial charge in [0.05, 0.1) is 11.3 Å². The average molecular weight is 309 g/mol. The topological polar surface area (TPSA) is 59.2 Å². The third kappa shape index (κ3) is 3.42. The monoisotopic (exact) mass is 309 g/mol. The fourth-order valence-electron chi connectivity index (χ4n) is 3.27. The third-order valence-electron chi connectivity index (χ3n) is 4.68. The van der Waals surface area contributed by atoms with Gasteiger partial charge in [0.2, 0.25) is 0 Å². The molecule has 0 radical (unpaired) electrons.